The topological polar surface area (TPSA) is 41.7 Å². The smallest absolute Gasteiger partial charge is 0.0820 e. The molecule has 0 aromatic carbocycles. The van der Waals surface area contributed by atoms with Crippen molar-refractivity contribution in [2.24, 2.45) is 5.73 Å². The molecule has 0 saturated carbocycles. The van der Waals surface area contributed by atoms with Crippen molar-refractivity contribution < 1.29 is 4.74 Å². The standard InChI is InChI=1S/C11H25N3O/c1-13(2)10-4-6-14(7-5-10)9-11(8-12)15-3/h10-11H,4-9,12H2,1-3H3. The molecule has 90 valence electrons. The minimum absolute atomic E-state index is 0.195. The van der Waals surface area contributed by atoms with Gasteiger partial charge in [-0.2, -0.15) is 0 Å². The van der Waals surface area contributed by atoms with Gasteiger partial charge in [0.2, 0.25) is 0 Å². The van der Waals surface area contributed by atoms with E-state index in [9.17, 15) is 0 Å². The van der Waals surface area contributed by atoms with Crippen LogP contribution in [0.4, 0.5) is 0 Å². The molecule has 1 fully saturated rings. The van der Waals surface area contributed by atoms with Crippen molar-refractivity contribution in [1.82, 2.24) is 9.80 Å². The first-order chi connectivity index (χ1) is 7.17. The normalized spacial score (nSPS) is 22.2. The number of piperidine rings is 1. The molecule has 0 amide bonds. The van der Waals surface area contributed by atoms with E-state index in [0.717, 1.165) is 12.6 Å². The van der Waals surface area contributed by atoms with Gasteiger partial charge in [0.1, 0.15) is 0 Å². The van der Waals surface area contributed by atoms with Crippen molar-refractivity contribution in [3.05, 3.63) is 0 Å². The van der Waals surface area contributed by atoms with Gasteiger partial charge in [0.25, 0.3) is 0 Å². The molecule has 2 N–H and O–H groups in total. The van der Waals surface area contributed by atoms with E-state index < -0.39 is 0 Å². The highest BCUT2D eigenvalue weighted by atomic mass is 16.5. The molecule has 1 rings (SSSR count). The molecule has 1 heterocycles. The van der Waals surface area contributed by atoms with Crippen LogP contribution in [0.3, 0.4) is 0 Å². The van der Waals surface area contributed by atoms with E-state index >= 15 is 0 Å². The van der Waals surface area contributed by atoms with E-state index in [2.05, 4.69) is 23.9 Å². The van der Waals surface area contributed by atoms with Crippen LogP contribution >= 0.6 is 0 Å². The molecule has 4 heteroatoms. The average molecular weight is 215 g/mol. The molecule has 1 saturated heterocycles. The van der Waals surface area contributed by atoms with Gasteiger partial charge in [-0.15, -0.1) is 0 Å². The summed E-state index contributed by atoms with van der Waals surface area (Å²) in [4.78, 5) is 4.79. The summed E-state index contributed by atoms with van der Waals surface area (Å²) in [6.45, 7) is 3.93. The van der Waals surface area contributed by atoms with E-state index in [1.54, 1.807) is 7.11 Å². The molecule has 0 spiro atoms. The first-order valence-electron chi connectivity index (χ1n) is 5.79. The summed E-state index contributed by atoms with van der Waals surface area (Å²) in [5, 5.41) is 0. The minimum atomic E-state index is 0.195. The van der Waals surface area contributed by atoms with Crippen molar-refractivity contribution in [3.63, 3.8) is 0 Å². The van der Waals surface area contributed by atoms with Gasteiger partial charge in [-0.1, -0.05) is 0 Å². The lowest BCUT2D eigenvalue weighted by Crippen LogP contribution is -2.46. The fourth-order valence-corrected chi connectivity index (χ4v) is 2.15. The highest BCUT2D eigenvalue weighted by molar-refractivity contribution is 4.78. The molecule has 4 nitrogen and oxygen atoms in total. The molecule has 0 radical (unpaired) electrons. The molecule has 0 aromatic heterocycles. The zero-order chi connectivity index (χ0) is 11.3. The molecular formula is C11H25N3O. The summed E-state index contributed by atoms with van der Waals surface area (Å²) in [5.74, 6) is 0. The van der Waals surface area contributed by atoms with Crippen molar-refractivity contribution in [3.8, 4) is 0 Å². The summed E-state index contributed by atoms with van der Waals surface area (Å²) in [6, 6.07) is 0.750. The lowest BCUT2D eigenvalue weighted by molar-refractivity contribution is 0.0519. The molecule has 0 bridgehead atoms. The first-order valence-corrected chi connectivity index (χ1v) is 5.79. The number of hydrogen-bond donors (Lipinski definition) is 1. The Kier molecular flexibility index (Phi) is 5.53. The van der Waals surface area contributed by atoms with E-state index in [0.29, 0.717) is 6.54 Å². The fraction of sp³-hybridized carbons (Fsp3) is 1.00. The van der Waals surface area contributed by atoms with Crippen LogP contribution in [0.2, 0.25) is 0 Å². The van der Waals surface area contributed by atoms with Gasteiger partial charge in [-0.3, -0.25) is 0 Å². The van der Waals surface area contributed by atoms with Crippen molar-refractivity contribution in [2.75, 3.05) is 47.4 Å². The molecule has 1 aliphatic rings. The Morgan fingerprint density at radius 3 is 2.40 bits per heavy atom. The second kappa shape index (κ2) is 6.43. The molecule has 0 aliphatic carbocycles. The van der Waals surface area contributed by atoms with Crippen LogP contribution in [0, 0.1) is 0 Å². The molecule has 15 heavy (non-hydrogen) atoms. The van der Waals surface area contributed by atoms with Crippen molar-refractivity contribution >= 4 is 0 Å². The van der Waals surface area contributed by atoms with Gasteiger partial charge < -0.3 is 20.3 Å². The molecule has 1 unspecified atom stereocenters. The maximum Gasteiger partial charge on any atom is 0.0820 e. The third kappa shape index (κ3) is 4.07. The maximum atomic E-state index is 5.62. The summed E-state index contributed by atoms with van der Waals surface area (Å²) in [7, 11) is 6.07. The van der Waals surface area contributed by atoms with E-state index in [1.165, 1.54) is 25.9 Å². The van der Waals surface area contributed by atoms with Gasteiger partial charge in [0.05, 0.1) is 6.10 Å². The average Bonchev–Trinajstić information content (AvgIpc) is 2.26. The van der Waals surface area contributed by atoms with E-state index in [-0.39, 0.29) is 6.10 Å². The number of rotatable bonds is 5. The quantitative estimate of drug-likeness (QED) is 0.700. The number of ether oxygens (including phenoxy) is 1. The Morgan fingerprint density at radius 2 is 2.00 bits per heavy atom. The van der Waals surface area contributed by atoms with Crippen LogP contribution in [0.25, 0.3) is 0 Å². The SMILES string of the molecule is COC(CN)CN1CCC(N(C)C)CC1. The Hall–Kier alpha value is -0.160. The number of nitrogens with two attached hydrogens (primary N) is 1. The number of nitrogens with zero attached hydrogens (tertiary/aromatic N) is 2. The predicted molar refractivity (Wildman–Crippen MR) is 63.0 cm³/mol. The second-order valence-corrected chi connectivity index (χ2v) is 4.59. The van der Waals surface area contributed by atoms with Gasteiger partial charge >= 0.3 is 0 Å². The zero-order valence-corrected chi connectivity index (χ0v) is 10.3. The van der Waals surface area contributed by atoms with Crippen LogP contribution in [0.5, 0.6) is 0 Å². The number of methoxy groups -OCH3 is 1. The highest BCUT2D eigenvalue weighted by Crippen LogP contribution is 2.14. The summed E-state index contributed by atoms with van der Waals surface area (Å²) >= 11 is 0. The highest BCUT2D eigenvalue weighted by Gasteiger charge is 2.21. The maximum absolute atomic E-state index is 5.62. The van der Waals surface area contributed by atoms with Crippen LogP contribution in [0.15, 0.2) is 0 Å². The monoisotopic (exact) mass is 215 g/mol. The van der Waals surface area contributed by atoms with Crippen LogP contribution in [0.1, 0.15) is 12.8 Å². The van der Waals surface area contributed by atoms with Gasteiger partial charge in [-0.05, 0) is 40.0 Å². The predicted octanol–water partition coefficient (Wildman–Crippen LogP) is -0.0139. The Bertz CT molecular complexity index is 163. The van der Waals surface area contributed by atoms with Gasteiger partial charge in [0.15, 0.2) is 0 Å². The zero-order valence-electron chi connectivity index (χ0n) is 10.3. The van der Waals surface area contributed by atoms with Crippen LogP contribution in [-0.4, -0.2) is 69.3 Å². The van der Waals surface area contributed by atoms with Gasteiger partial charge in [-0.25, -0.2) is 0 Å². The fourth-order valence-electron chi connectivity index (χ4n) is 2.15. The minimum Gasteiger partial charge on any atom is -0.379 e. The van der Waals surface area contributed by atoms with Crippen molar-refractivity contribution in [1.29, 1.82) is 0 Å². The Morgan fingerprint density at radius 1 is 1.40 bits per heavy atom. The number of hydrogen-bond acceptors (Lipinski definition) is 4. The van der Waals surface area contributed by atoms with Gasteiger partial charge in [0, 0.05) is 26.2 Å². The van der Waals surface area contributed by atoms with E-state index in [1.807, 2.05) is 0 Å². The lowest BCUT2D eigenvalue weighted by atomic mass is 10.0. The third-order valence-electron chi connectivity index (χ3n) is 3.35. The molecule has 1 atom stereocenters. The lowest BCUT2D eigenvalue weighted by Gasteiger charge is -2.36. The summed E-state index contributed by atoms with van der Waals surface area (Å²) in [6.07, 6.45) is 2.71. The first kappa shape index (κ1) is 12.9. The van der Waals surface area contributed by atoms with Crippen LogP contribution < -0.4 is 5.73 Å². The largest absolute Gasteiger partial charge is 0.379 e. The molecule has 1 aliphatic heterocycles. The Labute approximate surface area is 93.4 Å². The summed E-state index contributed by atoms with van der Waals surface area (Å²) < 4.78 is 5.30. The molecule has 0 aromatic rings. The second-order valence-electron chi connectivity index (χ2n) is 4.59. The number of likely N-dealkylation sites (tertiary alicyclic amines) is 1. The third-order valence-corrected chi connectivity index (χ3v) is 3.35. The van der Waals surface area contributed by atoms with E-state index in [4.69, 9.17) is 10.5 Å². The Balaban J connectivity index is 2.25. The molecular weight excluding hydrogens is 190 g/mol. The summed E-state index contributed by atoms with van der Waals surface area (Å²) in [5.41, 5.74) is 5.62. The van der Waals surface area contributed by atoms with Crippen molar-refractivity contribution in [2.45, 2.75) is 25.0 Å². The van der Waals surface area contributed by atoms with Crippen LogP contribution in [-0.2, 0) is 4.74 Å².